The molecule has 1 aliphatic heterocycles. The van der Waals surface area contributed by atoms with Crippen molar-refractivity contribution in [2.75, 3.05) is 13.1 Å². The lowest BCUT2D eigenvalue weighted by atomic mass is 9.83. The molecular formula is C18H34N2O. The van der Waals surface area contributed by atoms with Gasteiger partial charge in [0.1, 0.15) is 0 Å². The van der Waals surface area contributed by atoms with Crippen LogP contribution in [0, 0.1) is 17.8 Å². The quantitative estimate of drug-likeness (QED) is 0.861. The van der Waals surface area contributed by atoms with Crippen molar-refractivity contribution in [1.29, 1.82) is 0 Å². The smallest absolute Gasteiger partial charge is 0.222 e. The Balaban J connectivity index is 1.98. The number of carbonyl (C=O) groups excluding carboxylic acids is 1. The number of hydrogen-bond acceptors (Lipinski definition) is 2. The third-order valence-electron chi connectivity index (χ3n) is 5.42. The van der Waals surface area contributed by atoms with Crippen molar-refractivity contribution in [1.82, 2.24) is 10.2 Å². The topological polar surface area (TPSA) is 32.3 Å². The molecule has 1 saturated heterocycles. The molecule has 21 heavy (non-hydrogen) atoms. The first-order chi connectivity index (χ1) is 9.97. The van der Waals surface area contributed by atoms with E-state index in [1.165, 1.54) is 38.6 Å². The molecule has 2 atom stereocenters. The molecule has 1 amide bonds. The number of nitrogens with zero attached hydrogens (tertiary/aromatic N) is 1. The predicted octanol–water partition coefficient (Wildman–Crippen LogP) is 3.44. The van der Waals surface area contributed by atoms with Crippen LogP contribution in [0.4, 0.5) is 0 Å². The largest absolute Gasteiger partial charge is 0.352 e. The minimum Gasteiger partial charge on any atom is -0.352 e. The van der Waals surface area contributed by atoms with Crippen LogP contribution in [-0.2, 0) is 4.79 Å². The van der Waals surface area contributed by atoms with Gasteiger partial charge in [-0.15, -0.1) is 0 Å². The van der Waals surface area contributed by atoms with Crippen molar-refractivity contribution < 1.29 is 4.79 Å². The lowest BCUT2D eigenvalue weighted by Crippen LogP contribution is -2.55. The number of piperidine rings is 1. The van der Waals surface area contributed by atoms with Crippen LogP contribution in [-0.4, -0.2) is 36.0 Å². The summed E-state index contributed by atoms with van der Waals surface area (Å²) in [6.07, 6.45) is 8.04. The molecule has 1 heterocycles. The molecule has 122 valence electrons. The summed E-state index contributed by atoms with van der Waals surface area (Å²) in [6, 6.07) is 1.11. The summed E-state index contributed by atoms with van der Waals surface area (Å²) >= 11 is 0. The van der Waals surface area contributed by atoms with Gasteiger partial charge in [-0.3, -0.25) is 9.69 Å². The number of amides is 1. The van der Waals surface area contributed by atoms with Crippen LogP contribution in [0.25, 0.3) is 0 Å². The zero-order valence-electron chi connectivity index (χ0n) is 14.4. The third kappa shape index (κ3) is 4.70. The van der Waals surface area contributed by atoms with Crippen LogP contribution >= 0.6 is 0 Å². The molecule has 2 rings (SSSR count). The minimum atomic E-state index is 0.0903. The average Bonchev–Trinajstić information content (AvgIpc) is 2.47. The Bertz CT molecular complexity index is 334. The molecule has 0 bridgehead atoms. The van der Waals surface area contributed by atoms with Gasteiger partial charge in [0.05, 0.1) is 0 Å². The van der Waals surface area contributed by atoms with Crippen molar-refractivity contribution in [3.8, 4) is 0 Å². The molecule has 0 aromatic rings. The zero-order valence-corrected chi connectivity index (χ0v) is 14.4. The summed E-state index contributed by atoms with van der Waals surface area (Å²) < 4.78 is 0. The van der Waals surface area contributed by atoms with Gasteiger partial charge in [-0.05, 0) is 31.1 Å². The van der Waals surface area contributed by atoms with Gasteiger partial charge in [0.15, 0.2) is 0 Å². The third-order valence-corrected chi connectivity index (χ3v) is 5.42. The maximum Gasteiger partial charge on any atom is 0.222 e. The molecule has 2 aliphatic rings. The van der Waals surface area contributed by atoms with E-state index in [1.54, 1.807) is 0 Å². The van der Waals surface area contributed by atoms with Gasteiger partial charge in [-0.2, -0.15) is 0 Å². The number of carbonyl (C=O) groups is 1. The van der Waals surface area contributed by atoms with Crippen LogP contribution in [0.5, 0.6) is 0 Å². The number of hydrogen-bond donors (Lipinski definition) is 1. The van der Waals surface area contributed by atoms with E-state index in [1.807, 2.05) is 13.8 Å². The van der Waals surface area contributed by atoms with E-state index in [-0.39, 0.29) is 11.8 Å². The van der Waals surface area contributed by atoms with E-state index in [0.717, 1.165) is 24.9 Å². The number of rotatable bonds is 4. The summed E-state index contributed by atoms with van der Waals surface area (Å²) in [5.74, 6) is 1.73. The molecule has 2 unspecified atom stereocenters. The van der Waals surface area contributed by atoms with Gasteiger partial charge < -0.3 is 5.32 Å². The second-order valence-corrected chi connectivity index (χ2v) is 7.85. The number of nitrogens with one attached hydrogen (secondary N) is 1. The highest BCUT2D eigenvalue weighted by Gasteiger charge is 2.33. The van der Waals surface area contributed by atoms with Gasteiger partial charge >= 0.3 is 0 Å². The van der Waals surface area contributed by atoms with Crippen molar-refractivity contribution in [3.05, 3.63) is 0 Å². The van der Waals surface area contributed by atoms with Crippen molar-refractivity contribution in [2.24, 2.45) is 17.8 Å². The molecule has 2 fully saturated rings. The van der Waals surface area contributed by atoms with E-state index in [9.17, 15) is 4.79 Å². The molecule has 0 aromatic carbocycles. The Morgan fingerprint density at radius 3 is 2.29 bits per heavy atom. The fourth-order valence-electron chi connectivity index (χ4n) is 3.87. The maximum atomic E-state index is 12.0. The Morgan fingerprint density at radius 1 is 1.05 bits per heavy atom. The lowest BCUT2D eigenvalue weighted by Gasteiger charge is -2.44. The summed E-state index contributed by atoms with van der Waals surface area (Å²) in [5, 5.41) is 3.29. The molecule has 0 spiro atoms. The zero-order chi connectivity index (χ0) is 15.4. The lowest BCUT2D eigenvalue weighted by molar-refractivity contribution is -0.125. The monoisotopic (exact) mass is 294 g/mol. The van der Waals surface area contributed by atoms with Gasteiger partial charge in [0.25, 0.3) is 0 Å². The normalized spacial score (nSPS) is 29.0. The first-order valence-electron chi connectivity index (χ1n) is 9.01. The fraction of sp³-hybridized carbons (Fsp3) is 0.944. The van der Waals surface area contributed by atoms with E-state index >= 15 is 0 Å². The first kappa shape index (κ1) is 16.8. The molecular weight excluding hydrogens is 260 g/mol. The fourth-order valence-corrected chi connectivity index (χ4v) is 3.87. The molecule has 1 N–H and O–H groups in total. The van der Waals surface area contributed by atoms with Crippen molar-refractivity contribution >= 4 is 5.91 Å². The Labute approximate surface area is 130 Å². The van der Waals surface area contributed by atoms with Crippen LogP contribution in [0.2, 0.25) is 0 Å². The van der Waals surface area contributed by atoms with E-state index in [4.69, 9.17) is 0 Å². The Morgan fingerprint density at radius 2 is 1.71 bits per heavy atom. The second kappa shape index (κ2) is 7.62. The summed E-state index contributed by atoms with van der Waals surface area (Å²) in [6.45, 7) is 10.9. The van der Waals surface area contributed by atoms with Crippen LogP contribution in [0.15, 0.2) is 0 Å². The van der Waals surface area contributed by atoms with E-state index in [2.05, 4.69) is 24.1 Å². The highest BCUT2D eigenvalue weighted by Crippen LogP contribution is 2.30. The average molecular weight is 294 g/mol. The van der Waals surface area contributed by atoms with Crippen molar-refractivity contribution in [2.45, 2.75) is 78.3 Å². The first-order valence-corrected chi connectivity index (χ1v) is 9.01. The summed E-state index contributed by atoms with van der Waals surface area (Å²) in [4.78, 5) is 14.7. The summed E-state index contributed by atoms with van der Waals surface area (Å²) in [7, 11) is 0. The summed E-state index contributed by atoms with van der Waals surface area (Å²) in [5.41, 5.74) is 0. The molecule has 3 heteroatoms. The molecule has 1 aliphatic carbocycles. The van der Waals surface area contributed by atoms with Gasteiger partial charge in [-0.25, -0.2) is 0 Å². The van der Waals surface area contributed by atoms with Gasteiger partial charge in [0, 0.05) is 31.1 Å². The SMILES string of the molecule is CC(C)C(=O)NC1CC(C(C)C)CN(C2CCCCC2)C1. The molecule has 0 aromatic heterocycles. The minimum absolute atomic E-state index is 0.0903. The second-order valence-electron chi connectivity index (χ2n) is 7.85. The Hall–Kier alpha value is -0.570. The highest BCUT2D eigenvalue weighted by atomic mass is 16.1. The predicted molar refractivity (Wildman–Crippen MR) is 88.2 cm³/mol. The number of likely N-dealkylation sites (tertiary alicyclic amines) is 1. The Kier molecular flexibility index (Phi) is 6.09. The van der Waals surface area contributed by atoms with Crippen LogP contribution in [0.1, 0.15) is 66.2 Å². The van der Waals surface area contributed by atoms with Crippen LogP contribution in [0.3, 0.4) is 0 Å². The van der Waals surface area contributed by atoms with Crippen LogP contribution < -0.4 is 5.32 Å². The maximum absolute atomic E-state index is 12.0. The van der Waals surface area contributed by atoms with E-state index < -0.39 is 0 Å². The van der Waals surface area contributed by atoms with Crippen molar-refractivity contribution in [3.63, 3.8) is 0 Å². The van der Waals surface area contributed by atoms with E-state index in [0.29, 0.717) is 12.0 Å². The molecule has 3 nitrogen and oxygen atoms in total. The molecule has 1 saturated carbocycles. The standard InChI is InChI=1S/C18H34N2O/c1-13(2)15-10-16(19-18(21)14(3)4)12-20(11-15)17-8-6-5-7-9-17/h13-17H,5-12H2,1-4H3,(H,19,21). The highest BCUT2D eigenvalue weighted by molar-refractivity contribution is 5.78. The van der Waals surface area contributed by atoms with Gasteiger partial charge in [0.2, 0.25) is 5.91 Å². The van der Waals surface area contributed by atoms with Gasteiger partial charge in [-0.1, -0.05) is 47.0 Å². The molecule has 0 radical (unpaired) electrons.